The van der Waals surface area contributed by atoms with Gasteiger partial charge in [-0.3, -0.25) is 4.79 Å². The predicted octanol–water partition coefficient (Wildman–Crippen LogP) is 1.56. The van der Waals surface area contributed by atoms with E-state index in [2.05, 4.69) is 20.9 Å². The van der Waals surface area contributed by atoms with Crippen molar-refractivity contribution < 1.29 is 9.53 Å². The molecule has 0 aromatic rings. The lowest BCUT2D eigenvalue weighted by Gasteiger charge is -2.22. The van der Waals surface area contributed by atoms with Gasteiger partial charge in [0.05, 0.1) is 6.10 Å². The van der Waals surface area contributed by atoms with Gasteiger partial charge in [-0.25, -0.2) is 4.99 Å². The summed E-state index contributed by atoms with van der Waals surface area (Å²) in [7, 11) is 0. The molecule has 0 spiro atoms. The molecule has 2 fully saturated rings. The first kappa shape index (κ1) is 18.0. The van der Waals surface area contributed by atoms with E-state index in [1.165, 1.54) is 32.1 Å². The van der Waals surface area contributed by atoms with Crippen molar-refractivity contribution in [2.24, 2.45) is 4.99 Å². The second-order valence-electron chi connectivity index (χ2n) is 6.45. The Labute approximate surface area is 139 Å². The number of carbonyl (C=O) groups is 1. The lowest BCUT2D eigenvalue weighted by Crippen LogP contribution is -2.39. The monoisotopic (exact) mass is 324 g/mol. The fourth-order valence-electron chi connectivity index (χ4n) is 2.75. The van der Waals surface area contributed by atoms with E-state index in [9.17, 15) is 4.79 Å². The molecule has 23 heavy (non-hydrogen) atoms. The number of hydrogen-bond acceptors (Lipinski definition) is 3. The van der Waals surface area contributed by atoms with Crippen LogP contribution in [0, 0.1) is 0 Å². The molecule has 0 unspecified atom stereocenters. The number of aliphatic imine (C=N–C) groups is 1. The summed E-state index contributed by atoms with van der Waals surface area (Å²) >= 11 is 0. The van der Waals surface area contributed by atoms with Crippen LogP contribution in [-0.2, 0) is 9.53 Å². The minimum Gasteiger partial charge on any atom is -0.378 e. The molecule has 132 valence electrons. The van der Waals surface area contributed by atoms with E-state index >= 15 is 0 Å². The van der Waals surface area contributed by atoms with E-state index in [4.69, 9.17) is 4.74 Å². The van der Waals surface area contributed by atoms with Crippen LogP contribution in [0.1, 0.15) is 58.3 Å². The van der Waals surface area contributed by atoms with Gasteiger partial charge >= 0.3 is 0 Å². The van der Waals surface area contributed by atoms with Gasteiger partial charge in [-0.1, -0.05) is 19.3 Å². The third-order valence-electron chi connectivity index (χ3n) is 4.19. The van der Waals surface area contributed by atoms with Crippen LogP contribution in [0.3, 0.4) is 0 Å². The molecule has 2 rings (SSSR count). The normalized spacial score (nSPS) is 19.4. The van der Waals surface area contributed by atoms with Crippen LogP contribution in [0.25, 0.3) is 0 Å². The van der Waals surface area contributed by atoms with Crippen molar-refractivity contribution in [1.82, 2.24) is 16.0 Å². The Bertz CT molecular complexity index is 377. The van der Waals surface area contributed by atoms with E-state index < -0.39 is 0 Å². The molecule has 0 aromatic carbocycles. The fraction of sp³-hybridized carbons (Fsp3) is 0.882. The van der Waals surface area contributed by atoms with Crippen LogP contribution in [0.5, 0.6) is 0 Å². The fourth-order valence-corrected chi connectivity index (χ4v) is 2.75. The number of nitrogens with zero attached hydrogens (tertiary/aromatic N) is 1. The predicted molar refractivity (Wildman–Crippen MR) is 92.6 cm³/mol. The summed E-state index contributed by atoms with van der Waals surface area (Å²) < 4.78 is 5.91. The van der Waals surface area contributed by atoms with E-state index in [0.29, 0.717) is 18.1 Å². The largest absolute Gasteiger partial charge is 0.378 e. The second kappa shape index (κ2) is 10.5. The Balaban J connectivity index is 1.56. The molecule has 0 aromatic heterocycles. The van der Waals surface area contributed by atoms with Crippen LogP contribution < -0.4 is 16.0 Å². The smallest absolute Gasteiger partial charge is 0.242 e. The highest BCUT2D eigenvalue weighted by molar-refractivity contribution is 5.85. The van der Waals surface area contributed by atoms with E-state index in [-0.39, 0.29) is 12.5 Å². The van der Waals surface area contributed by atoms with Crippen LogP contribution >= 0.6 is 0 Å². The van der Waals surface area contributed by atoms with E-state index in [1.54, 1.807) is 0 Å². The molecule has 0 saturated heterocycles. The van der Waals surface area contributed by atoms with Gasteiger partial charge in [0.15, 0.2) is 5.96 Å². The first-order valence-electron chi connectivity index (χ1n) is 9.21. The van der Waals surface area contributed by atoms with Gasteiger partial charge < -0.3 is 20.7 Å². The number of guanidine groups is 1. The standard InChI is InChI=1S/C17H32N4O2/c1-2-18-17(20-13-16(22)21-14-9-10-14)19-11-6-12-23-15-7-4-3-5-8-15/h14-15H,2-13H2,1H3,(H,21,22)(H2,18,19,20). The van der Waals surface area contributed by atoms with E-state index in [0.717, 1.165) is 39.0 Å². The van der Waals surface area contributed by atoms with Crippen molar-refractivity contribution in [2.45, 2.75) is 70.4 Å². The van der Waals surface area contributed by atoms with Gasteiger partial charge in [-0.2, -0.15) is 0 Å². The molecule has 3 N–H and O–H groups in total. The minimum absolute atomic E-state index is 0.00494. The van der Waals surface area contributed by atoms with Crippen molar-refractivity contribution in [3.8, 4) is 0 Å². The van der Waals surface area contributed by atoms with Gasteiger partial charge in [0, 0.05) is 25.7 Å². The van der Waals surface area contributed by atoms with Crippen LogP contribution in [0.4, 0.5) is 0 Å². The molecule has 1 amide bonds. The quantitative estimate of drug-likeness (QED) is 0.342. The first-order chi connectivity index (χ1) is 11.3. The zero-order valence-corrected chi connectivity index (χ0v) is 14.4. The average molecular weight is 324 g/mol. The molecule has 6 heteroatoms. The molecule has 6 nitrogen and oxygen atoms in total. The number of nitrogens with one attached hydrogen (secondary N) is 3. The number of amides is 1. The topological polar surface area (TPSA) is 74.8 Å². The molecule has 0 bridgehead atoms. The summed E-state index contributed by atoms with van der Waals surface area (Å²) in [6.07, 6.45) is 10.0. The van der Waals surface area contributed by atoms with Gasteiger partial charge in [0.2, 0.25) is 5.91 Å². The van der Waals surface area contributed by atoms with Crippen molar-refractivity contribution in [2.75, 3.05) is 26.2 Å². The molecular weight excluding hydrogens is 292 g/mol. The highest BCUT2D eigenvalue weighted by Crippen LogP contribution is 2.20. The van der Waals surface area contributed by atoms with Gasteiger partial charge in [-0.15, -0.1) is 0 Å². The molecule has 0 atom stereocenters. The van der Waals surface area contributed by atoms with Crippen molar-refractivity contribution in [1.29, 1.82) is 0 Å². The van der Waals surface area contributed by atoms with Crippen molar-refractivity contribution >= 4 is 11.9 Å². The zero-order chi connectivity index (χ0) is 16.3. The molecule has 2 saturated carbocycles. The highest BCUT2D eigenvalue weighted by atomic mass is 16.5. The van der Waals surface area contributed by atoms with Crippen LogP contribution in [-0.4, -0.2) is 50.3 Å². The summed E-state index contributed by atoms with van der Waals surface area (Å²) in [6, 6.07) is 0.394. The zero-order valence-electron chi connectivity index (χ0n) is 14.4. The lowest BCUT2D eigenvalue weighted by molar-refractivity contribution is -0.119. The van der Waals surface area contributed by atoms with Crippen LogP contribution in [0.15, 0.2) is 4.99 Å². The summed E-state index contributed by atoms with van der Waals surface area (Å²) in [4.78, 5) is 16.0. The molecule has 0 aliphatic heterocycles. The number of carbonyl (C=O) groups excluding carboxylic acids is 1. The summed E-state index contributed by atoms with van der Waals surface area (Å²) in [6.45, 7) is 4.59. The Hall–Kier alpha value is -1.30. The first-order valence-corrected chi connectivity index (χ1v) is 9.21. The Morgan fingerprint density at radius 2 is 1.91 bits per heavy atom. The van der Waals surface area contributed by atoms with E-state index in [1.807, 2.05) is 6.92 Å². The molecular formula is C17H32N4O2. The average Bonchev–Trinajstić information content (AvgIpc) is 3.37. The summed E-state index contributed by atoms with van der Waals surface area (Å²) in [5.74, 6) is 0.710. The number of hydrogen-bond donors (Lipinski definition) is 3. The maximum absolute atomic E-state index is 11.7. The lowest BCUT2D eigenvalue weighted by atomic mass is 9.98. The van der Waals surface area contributed by atoms with Gasteiger partial charge in [-0.05, 0) is 39.0 Å². The van der Waals surface area contributed by atoms with Crippen LogP contribution in [0.2, 0.25) is 0 Å². The Morgan fingerprint density at radius 3 is 2.61 bits per heavy atom. The van der Waals surface area contributed by atoms with Gasteiger partial charge in [0.1, 0.15) is 6.54 Å². The Kier molecular flexibility index (Phi) is 8.21. The van der Waals surface area contributed by atoms with Gasteiger partial charge in [0.25, 0.3) is 0 Å². The second-order valence-corrected chi connectivity index (χ2v) is 6.45. The molecule has 2 aliphatic rings. The molecule has 0 heterocycles. The van der Waals surface area contributed by atoms with Crippen molar-refractivity contribution in [3.05, 3.63) is 0 Å². The number of ether oxygens (including phenoxy) is 1. The summed E-state index contributed by atoms with van der Waals surface area (Å²) in [5, 5.41) is 9.37. The third kappa shape index (κ3) is 8.21. The number of rotatable bonds is 9. The molecule has 0 radical (unpaired) electrons. The maximum Gasteiger partial charge on any atom is 0.242 e. The minimum atomic E-state index is 0.00494. The Morgan fingerprint density at radius 1 is 1.13 bits per heavy atom. The third-order valence-corrected chi connectivity index (χ3v) is 4.19. The van der Waals surface area contributed by atoms with Crippen molar-refractivity contribution in [3.63, 3.8) is 0 Å². The molecule has 2 aliphatic carbocycles. The highest BCUT2D eigenvalue weighted by Gasteiger charge is 2.22. The summed E-state index contributed by atoms with van der Waals surface area (Å²) in [5.41, 5.74) is 0. The SMILES string of the molecule is CCNC(=NCC(=O)NC1CC1)NCCCOC1CCCCC1. The maximum atomic E-state index is 11.7.